The minimum atomic E-state index is -0.318. The predicted octanol–water partition coefficient (Wildman–Crippen LogP) is 5.68. The predicted molar refractivity (Wildman–Crippen MR) is 99.9 cm³/mol. The van der Waals surface area contributed by atoms with E-state index < -0.39 is 0 Å². The third-order valence-corrected chi connectivity index (χ3v) is 4.22. The summed E-state index contributed by atoms with van der Waals surface area (Å²) in [5.41, 5.74) is 0.857. The molecule has 0 aromatic rings. The summed E-state index contributed by atoms with van der Waals surface area (Å²) >= 11 is 6.73. The van der Waals surface area contributed by atoms with E-state index in [1.165, 1.54) is 52.1 Å². The Morgan fingerprint density at radius 3 is 2.27 bits per heavy atom. The van der Waals surface area contributed by atoms with E-state index in [0.717, 1.165) is 21.9 Å². The van der Waals surface area contributed by atoms with Crippen molar-refractivity contribution in [3.8, 4) is 0 Å². The molecule has 22 heavy (non-hydrogen) atoms. The third kappa shape index (κ3) is 9.57. The molecule has 0 saturated carbocycles. The average Bonchev–Trinajstić information content (AvgIpc) is 3.26. The summed E-state index contributed by atoms with van der Waals surface area (Å²) in [5.74, 6) is -0.251. The van der Waals surface area contributed by atoms with Gasteiger partial charge >= 0.3 is 5.97 Å². The first-order valence-corrected chi connectivity index (χ1v) is 9.57. The lowest BCUT2D eigenvalue weighted by atomic mass is 10.1. The molecular formula is C17H25Br2NO2. The Morgan fingerprint density at radius 1 is 1.09 bits per heavy atom. The molecule has 0 bridgehead atoms. The number of ether oxygens (including phenoxy) is 1. The number of rotatable bonds is 12. The van der Waals surface area contributed by atoms with Crippen LogP contribution in [-0.4, -0.2) is 24.8 Å². The molecule has 0 aromatic heterocycles. The quantitative estimate of drug-likeness (QED) is 0.292. The molecule has 0 amide bonds. The van der Waals surface area contributed by atoms with Crippen molar-refractivity contribution in [2.24, 2.45) is 4.99 Å². The number of carbonyl (C=O) groups excluding carboxylic acids is 1. The largest absolute Gasteiger partial charge is 0.467 e. The molecule has 0 aliphatic carbocycles. The van der Waals surface area contributed by atoms with Crippen molar-refractivity contribution < 1.29 is 9.53 Å². The van der Waals surface area contributed by atoms with Gasteiger partial charge in [0, 0.05) is 0 Å². The Morgan fingerprint density at radius 2 is 1.68 bits per heavy atom. The first-order chi connectivity index (χ1) is 10.6. The van der Waals surface area contributed by atoms with Crippen molar-refractivity contribution in [3.05, 3.63) is 21.6 Å². The van der Waals surface area contributed by atoms with Crippen molar-refractivity contribution >= 4 is 43.5 Å². The SMILES string of the molecule is COC(=O)[C@H]1N=C1/C=C/CCCCCCCCCC=C(Br)Br. The Labute approximate surface area is 150 Å². The van der Waals surface area contributed by atoms with Gasteiger partial charge in [0.05, 0.1) is 16.2 Å². The Bertz CT molecular complexity index is 426. The summed E-state index contributed by atoms with van der Waals surface area (Å²) in [7, 11) is 1.40. The highest BCUT2D eigenvalue weighted by Crippen LogP contribution is 2.17. The molecule has 124 valence electrons. The van der Waals surface area contributed by atoms with Gasteiger partial charge in [0.25, 0.3) is 0 Å². The van der Waals surface area contributed by atoms with Crippen LogP contribution in [0, 0.1) is 0 Å². The van der Waals surface area contributed by atoms with Crippen LogP contribution in [0.25, 0.3) is 0 Å². The molecule has 1 aliphatic heterocycles. The van der Waals surface area contributed by atoms with Crippen molar-refractivity contribution in [2.75, 3.05) is 7.11 Å². The van der Waals surface area contributed by atoms with Crippen LogP contribution in [-0.2, 0) is 9.53 Å². The maximum atomic E-state index is 11.1. The molecule has 1 aliphatic rings. The number of hydrogen-bond acceptors (Lipinski definition) is 3. The Hall–Kier alpha value is -0.420. The van der Waals surface area contributed by atoms with Crippen LogP contribution >= 0.6 is 31.9 Å². The average molecular weight is 435 g/mol. The zero-order chi connectivity index (χ0) is 16.2. The van der Waals surface area contributed by atoms with Gasteiger partial charge in [-0.2, -0.15) is 0 Å². The second-order valence-corrected chi connectivity index (χ2v) is 8.20. The minimum absolute atomic E-state index is 0.251. The first kappa shape index (κ1) is 19.6. The number of halogens is 2. The fraction of sp³-hybridized carbons (Fsp3) is 0.647. The fourth-order valence-corrected chi connectivity index (χ4v) is 2.69. The summed E-state index contributed by atoms with van der Waals surface area (Å²) < 4.78 is 5.69. The summed E-state index contributed by atoms with van der Waals surface area (Å²) in [4.78, 5) is 15.2. The summed E-state index contributed by atoms with van der Waals surface area (Å²) in [6, 6.07) is -0.318. The molecule has 0 aromatic carbocycles. The molecular weight excluding hydrogens is 410 g/mol. The highest BCUT2D eigenvalue weighted by Gasteiger charge is 2.33. The minimum Gasteiger partial charge on any atom is -0.467 e. The fourth-order valence-electron chi connectivity index (χ4n) is 2.24. The highest BCUT2D eigenvalue weighted by molar-refractivity contribution is 9.28. The molecule has 3 nitrogen and oxygen atoms in total. The number of nitrogens with zero attached hydrogens (tertiary/aromatic N) is 1. The maximum absolute atomic E-state index is 11.1. The number of allylic oxidation sites excluding steroid dienone is 2. The monoisotopic (exact) mass is 433 g/mol. The lowest BCUT2D eigenvalue weighted by Gasteiger charge is -2.00. The standard InChI is InChI=1S/C17H25Br2NO2/c1-22-17(21)16-14(20-16)12-10-8-6-4-2-3-5-7-9-11-13-15(18)19/h10,12-13,16H,2-9,11H2,1H3/b12-10+/t16-/m0/s1. The van der Waals surface area contributed by atoms with E-state index in [-0.39, 0.29) is 12.0 Å². The number of esters is 1. The molecule has 0 unspecified atom stereocenters. The first-order valence-electron chi connectivity index (χ1n) is 7.98. The van der Waals surface area contributed by atoms with Gasteiger partial charge in [0.15, 0.2) is 6.04 Å². The summed E-state index contributed by atoms with van der Waals surface area (Å²) in [5, 5.41) is 0. The number of methoxy groups -OCH3 is 1. The van der Waals surface area contributed by atoms with Gasteiger partial charge in [-0.15, -0.1) is 0 Å². The van der Waals surface area contributed by atoms with Gasteiger partial charge in [0.2, 0.25) is 0 Å². The van der Waals surface area contributed by atoms with E-state index in [0.29, 0.717) is 0 Å². The second kappa shape index (κ2) is 12.1. The van der Waals surface area contributed by atoms with E-state index in [2.05, 4.69) is 53.7 Å². The zero-order valence-corrected chi connectivity index (χ0v) is 16.4. The van der Waals surface area contributed by atoms with Gasteiger partial charge in [-0.25, -0.2) is 4.79 Å². The van der Waals surface area contributed by atoms with Crippen LogP contribution in [0.3, 0.4) is 0 Å². The number of aliphatic imine (C=N–C) groups is 1. The summed E-state index contributed by atoms with van der Waals surface area (Å²) in [6.45, 7) is 0. The van der Waals surface area contributed by atoms with Crippen molar-refractivity contribution in [1.82, 2.24) is 0 Å². The van der Waals surface area contributed by atoms with E-state index in [4.69, 9.17) is 0 Å². The smallest absolute Gasteiger partial charge is 0.336 e. The normalized spacial score (nSPS) is 16.5. The van der Waals surface area contributed by atoms with Gasteiger partial charge < -0.3 is 4.74 Å². The van der Waals surface area contributed by atoms with E-state index in [1.807, 2.05) is 6.08 Å². The van der Waals surface area contributed by atoms with Gasteiger partial charge in [-0.3, -0.25) is 4.99 Å². The van der Waals surface area contributed by atoms with Crippen molar-refractivity contribution in [3.63, 3.8) is 0 Å². The van der Waals surface area contributed by atoms with Crippen molar-refractivity contribution in [2.45, 2.75) is 63.8 Å². The zero-order valence-electron chi connectivity index (χ0n) is 13.2. The lowest BCUT2D eigenvalue weighted by Crippen LogP contribution is -2.12. The van der Waals surface area contributed by atoms with E-state index in [1.54, 1.807) is 0 Å². The van der Waals surface area contributed by atoms with Crippen LogP contribution in [0.2, 0.25) is 0 Å². The molecule has 0 fully saturated rings. The van der Waals surface area contributed by atoms with E-state index in [9.17, 15) is 4.79 Å². The summed E-state index contributed by atoms with van der Waals surface area (Å²) in [6.07, 6.45) is 17.5. The molecule has 0 radical (unpaired) electrons. The van der Waals surface area contributed by atoms with Gasteiger partial charge in [0.1, 0.15) is 0 Å². The van der Waals surface area contributed by atoms with Crippen LogP contribution in [0.1, 0.15) is 57.8 Å². The second-order valence-electron chi connectivity index (χ2n) is 5.43. The van der Waals surface area contributed by atoms with Crippen LogP contribution < -0.4 is 0 Å². The molecule has 0 N–H and O–H groups in total. The van der Waals surface area contributed by atoms with Gasteiger partial charge in [-0.05, 0) is 63.6 Å². The van der Waals surface area contributed by atoms with Gasteiger partial charge in [-0.1, -0.05) is 44.3 Å². The van der Waals surface area contributed by atoms with Crippen molar-refractivity contribution in [1.29, 1.82) is 0 Å². The molecule has 1 rings (SSSR count). The Kier molecular flexibility index (Phi) is 10.8. The molecule has 1 atom stereocenters. The van der Waals surface area contributed by atoms with E-state index >= 15 is 0 Å². The third-order valence-electron chi connectivity index (χ3n) is 3.58. The lowest BCUT2D eigenvalue weighted by molar-refractivity contribution is -0.139. The number of unbranched alkanes of at least 4 members (excludes halogenated alkanes) is 8. The topological polar surface area (TPSA) is 38.7 Å². The Balaban J connectivity index is 1.84. The maximum Gasteiger partial charge on any atom is 0.336 e. The van der Waals surface area contributed by atoms with Crippen LogP contribution in [0.5, 0.6) is 0 Å². The number of hydrogen-bond donors (Lipinski definition) is 0. The molecule has 0 spiro atoms. The number of carbonyl (C=O) groups is 1. The van der Waals surface area contributed by atoms with Crippen LogP contribution in [0.15, 0.2) is 26.6 Å². The highest BCUT2D eigenvalue weighted by atomic mass is 79.9. The molecule has 1 heterocycles. The molecule has 0 saturated heterocycles. The van der Waals surface area contributed by atoms with Crippen LogP contribution in [0.4, 0.5) is 0 Å². The molecule has 5 heteroatoms.